The molecule has 0 spiro atoms. The first kappa shape index (κ1) is 13.5. The highest BCUT2D eigenvalue weighted by Crippen LogP contribution is 2.27. The van der Waals surface area contributed by atoms with E-state index in [1.54, 1.807) is 23.5 Å². The quantitative estimate of drug-likeness (QED) is 0.879. The molecule has 2 aromatic rings. The summed E-state index contributed by atoms with van der Waals surface area (Å²) in [4.78, 5) is 2.48. The van der Waals surface area contributed by atoms with Crippen LogP contribution in [0.4, 0.5) is 4.39 Å². The molecule has 0 aliphatic rings. The summed E-state index contributed by atoms with van der Waals surface area (Å²) in [6.07, 6.45) is 0.600. The van der Waals surface area contributed by atoms with Crippen LogP contribution < -0.4 is 5.32 Å². The second-order valence-electron chi connectivity index (χ2n) is 4.23. The molecule has 1 N–H and O–H groups in total. The van der Waals surface area contributed by atoms with Crippen LogP contribution in [-0.2, 0) is 6.42 Å². The zero-order valence-electron chi connectivity index (χ0n) is 10.3. The molecule has 1 nitrogen and oxygen atoms in total. The van der Waals surface area contributed by atoms with Gasteiger partial charge >= 0.3 is 0 Å². The maximum Gasteiger partial charge on any atom is 0.126 e. The van der Waals surface area contributed by atoms with Gasteiger partial charge in [-0.05, 0) is 56.3 Å². The van der Waals surface area contributed by atoms with E-state index in [1.165, 1.54) is 15.8 Å². The first-order chi connectivity index (χ1) is 8.60. The molecule has 18 heavy (non-hydrogen) atoms. The summed E-state index contributed by atoms with van der Waals surface area (Å²) in [7, 11) is 1.89. The van der Waals surface area contributed by atoms with Crippen LogP contribution in [-0.4, -0.2) is 7.05 Å². The van der Waals surface area contributed by atoms with Gasteiger partial charge in [0.05, 0.1) is 0 Å². The van der Waals surface area contributed by atoms with Gasteiger partial charge in [-0.2, -0.15) is 0 Å². The standard InChI is InChI=1S/C14H15ClFNS/c1-9-3-6-14(18-9)13(17-2)8-10-7-11(15)4-5-12(10)16/h3-7,13,17H,8H2,1-2H3. The van der Waals surface area contributed by atoms with Gasteiger partial charge in [-0.15, -0.1) is 11.3 Å². The van der Waals surface area contributed by atoms with E-state index in [0.29, 0.717) is 17.0 Å². The van der Waals surface area contributed by atoms with Crippen molar-refractivity contribution >= 4 is 22.9 Å². The van der Waals surface area contributed by atoms with E-state index in [4.69, 9.17) is 11.6 Å². The second-order valence-corrected chi connectivity index (χ2v) is 5.99. The summed E-state index contributed by atoms with van der Waals surface area (Å²) < 4.78 is 13.7. The third-order valence-electron chi connectivity index (χ3n) is 2.88. The molecule has 1 unspecified atom stereocenters. The summed E-state index contributed by atoms with van der Waals surface area (Å²) in [6.45, 7) is 2.07. The van der Waals surface area contributed by atoms with Crippen molar-refractivity contribution in [3.8, 4) is 0 Å². The van der Waals surface area contributed by atoms with Crippen LogP contribution in [0, 0.1) is 12.7 Å². The predicted molar refractivity (Wildman–Crippen MR) is 76.0 cm³/mol. The molecular formula is C14H15ClFNS. The van der Waals surface area contributed by atoms with E-state index < -0.39 is 0 Å². The Bertz CT molecular complexity index is 538. The molecule has 0 saturated carbocycles. The Morgan fingerprint density at radius 3 is 2.72 bits per heavy atom. The maximum atomic E-state index is 13.7. The van der Waals surface area contributed by atoms with Crippen LogP contribution in [0.1, 0.15) is 21.4 Å². The molecule has 1 atom stereocenters. The largest absolute Gasteiger partial charge is 0.312 e. The minimum atomic E-state index is -0.201. The van der Waals surface area contributed by atoms with E-state index in [-0.39, 0.29) is 11.9 Å². The lowest BCUT2D eigenvalue weighted by atomic mass is 10.0. The van der Waals surface area contributed by atoms with E-state index in [1.807, 2.05) is 7.05 Å². The van der Waals surface area contributed by atoms with Crippen LogP contribution in [0.15, 0.2) is 30.3 Å². The Balaban J connectivity index is 2.22. The Morgan fingerprint density at radius 1 is 1.33 bits per heavy atom. The minimum absolute atomic E-state index is 0.122. The van der Waals surface area contributed by atoms with Crippen molar-refractivity contribution < 1.29 is 4.39 Å². The monoisotopic (exact) mass is 283 g/mol. The lowest BCUT2D eigenvalue weighted by Crippen LogP contribution is -2.18. The number of hydrogen-bond donors (Lipinski definition) is 1. The van der Waals surface area contributed by atoms with Gasteiger partial charge < -0.3 is 5.32 Å². The van der Waals surface area contributed by atoms with Gasteiger partial charge in [0.1, 0.15) is 5.82 Å². The highest BCUT2D eigenvalue weighted by atomic mass is 35.5. The summed E-state index contributed by atoms with van der Waals surface area (Å²) in [5.74, 6) is -0.201. The summed E-state index contributed by atoms with van der Waals surface area (Å²) in [5.41, 5.74) is 0.646. The molecule has 1 heterocycles. The minimum Gasteiger partial charge on any atom is -0.312 e. The fraction of sp³-hybridized carbons (Fsp3) is 0.286. The second kappa shape index (κ2) is 5.83. The Hall–Kier alpha value is -0.900. The number of thiophene rings is 1. The molecule has 0 amide bonds. The molecule has 1 aromatic carbocycles. The zero-order chi connectivity index (χ0) is 13.1. The molecular weight excluding hydrogens is 269 g/mol. The van der Waals surface area contributed by atoms with Crippen molar-refractivity contribution in [3.63, 3.8) is 0 Å². The van der Waals surface area contributed by atoms with Gasteiger partial charge in [0.2, 0.25) is 0 Å². The fourth-order valence-electron chi connectivity index (χ4n) is 1.91. The van der Waals surface area contributed by atoms with Gasteiger partial charge in [0.15, 0.2) is 0 Å². The van der Waals surface area contributed by atoms with Crippen LogP contribution in [0.2, 0.25) is 5.02 Å². The number of halogens is 2. The predicted octanol–water partition coefficient (Wildman–Crippen LogP) is 4.35. The fourth-order valence-corrected chi connectivity index (χ4v) is 3.09. The first-order valence-electron chi connectivity index (χ1n) is 5.77. The molecule has 0 bridgehead atoms. The molecule has 0 aliphatic carbocycles. The topological polar surface area (TPSA) is 12.0 Å². The van der Waals surface area contributed by atoms with E-state index in [2.05, 4.69) is 24.4 Å². The SMILES string of the molecule is CNC(Cc1cc(Cl)ccc1F)c1ccc(C)s1. The molecule has 4 heteroatoms. The molecule has 96 valence electrons. The first-order valence-corrected chi connectivity index (χ1v) is 6.97. The molecule has 0 aliphatic heterocycles. The van der Waals surface area contributed by atoms with E-state index in [0.717, 1.165) is 0 Å². The lowest BCUT2D eigenvalue weighted by molar-refractivity contribution is 0.560. The van der Waals surface area contributed by atoms with Gasteiger partial charge in [-0.3, -0.25) is 0 Å². The van der Waals surface area contributed by atoms with E-state index >= 15 is 0 Å². The van der Waals surface area contributed by atoms with Crippen molar-refractivity contribution in [1.82, 2.24) is 5.32 Å². The Kier molecular flexibility index (Phi) is 4.38. The lowest BCUT2D eigenvalue weighted by Gasteiger charge is -2.15. The third-order valence-corrected chi connectivity index (χ3v) is 4.23. The molecule has 1 aromatic heterocycles. The number of benzene rings is 1. The number of aryl methyl sites for hydroxylation is 1. The number of nitrogens with one attached hydrogen (secondary N) is 1. The van der Waals surface area contributed by atoms with Gasteiger partial charge in [-0.1, -0.05) is 11.6 Å². The maximum absolute atomic E-state index is 13.7. The van der Waals surface area contributed by atoms with Gasteiger partial charge in [-0.25, -0.2) is 4.39 Å². The van der Waals surface area contributed by atoms with Crippen molar-refractivity contribution in [2.75, 3.05) is 7.05 Å². The molecule has 2 rings (SSSR count). The van der Waals surface area contributed by atoms with Crippen LogP contribution in [0.3, 0.4) is 0 Å². The Labute approximate surface area is 116 Å². The number of likely N-dealkylation sites (N-methyl/N-ethyl adjacent to an activating group) is 1. The van der Waals surface area contributed by atoms with Gasteiger partial charge in [0.25, 0.3) is 0 Å². The Morgan fingerprint density at radius 2 is 2.11 bits per heavy atom. The van der Waals surface area contributed by atoms with Gasteiger partial charge in [0, 0.05) is 20.8 Å². The van der Waals surface area contributed by atoms with Crippen molar-refractivity contribution in [2.45, 2.75) is 19.4 Å². The average Bonchev–Trinajstić information content (AvgIpc) is 2.77. The van der Waals surface area contributed by atoms with Crippen LogP contribution >= 0.6 is 22.9 Å². The smallest absolute Gasteiger partial charge is 0.126 e. The third kappa shape index (κ3) is 3.10. The highest BCUT2D eigenvalue weighted by Gasteiger charge is 2.14. The molecule has 0 saturated heterocycles. The normalized spacial score (nSPS) is 12.7. The summed E-state index contributed by atoms with van der Waals surface area (Å²) in [5, 5.41) is 3.80. The van der Waals surface area contributed by atoms with Crippen molar-refractivity contribution in [1.29, 1.82) is 0 Å². The number of hydrogen-bond acceptors (Lipinski definition) is 2. The summed E-state index contributed by atoms with van der Waals surface area (Å²) >= 11 is 7.64. The van der Waals surface area contributed by atoms with E-state index in [9.17, 15) is 4.39 Å². The van der Waals surface area contributed by atoms with Crippen LogP contribution in [0.5, 0.6) is 0 Å². The highest BCUT2D eigenvalue weighted by molar-refractivity contribution is 7.12. The zero-order valence-corrected chi connectivity index (χ0v) is 11.9. The van der Waals surface area contributed by atoms with Crippen LogP contribution in [0.25, 0.3) is 0 Å². The average molecular weight is 284 g/mol. The van der Waals surface area contributed by atoms with Crippen molar-refractivity contribution in [2.24, 2.45) is 0 Å². The summed E-state index contributed by atoms with van der Waals surface area (Å²) in [6, 6.07) is 8.98. The molecule has 0 radical (unpaired) electrons. The number of rotatable bonds is 4. The van der Waals surface area contributed by atoms with Crippen molar-refractivity contribution in [3.05, 3.63) is 56.5 Å². The molecule has 0 fully saturated rings.